The summed E-state index contributed by atoms with van der Waals surface area (Å²) in [7, 11) is 0. The van der Waals surface area contributed by atoms with Gasteiger partial charge in [0.25, 0.3) is 0 Å². The van der Waals surface area contributed by atoms with E-state index in [2.05, 4.69) is 27.8 Å². The summed E-state index contributed by atoms with van der Waals surface area (Å²) in [5, 5.41) is 16.8. The number of hydrogen-bond acceptors (Lipinski definition) is 5. The van der Waals surface area contributed by atoms with Crippen molar-refractivity contribution in [2.75, 3.05) is 18.4 Å². The van der Waals surface area contributed by atoms with Crippen LogP contribution in [0.15, 0.2) is 48.7 Å². The molecule has 0 bridgehead atoms. The first kappa shape index (κ1) is 22.7. The maximum atomic E-state index is 12.2. The molecule has 4 rings (SSSR count). The van der Waals surface area contributed by atoms with Gasteiger partial charge in [0.05, 0.1) is 11.4 Å². The Labute approximate surface area is 193 Å². The number of amides is 1. The second-order valence-electron chi connectivity index (χ2n) is 8.54. The van der Waals surface area contributed by atoms with Crippen molar-refractivity contribution in [2.45, 2.75) is 50.9 Å². The molecule has 1 aromatic carbocycles. The summed E-state index contributed by atoms with van der Waals surface area (Å²) in [6, 6.07) is 13.7. The summed E-state index contributed by atoms with van der Waals surface area (Å²) in [4.78, 5) is 33.1. The van der Waals surface area contributed by atoms with Crippen LogP contribution in [0, 0.1) is 0 Å². The fourth-order valence-electron chi connectivity index (χ4n) is 4.26. The second kappa shape index (κ2) is 10.9. The summed E-state index contributed by atoms with van der Waals surface area (Å²) >= 11 is 0. The average molecular weight is 447 g/mol. The highest BCUT2D eigenvalue weighted by atomic mass is 16.4. The lowest BCUT2D eigenvalue weighted by atomic mass is 9.96. The van der Waals surface area contributed by atoms with Gasteiger partial charge in [-0.2, -0.15) is 0 Å². The zero-order chi connectivity index (χ0) is 23.0. The Balaban J connectivity index is 1.20. The van der Waals surface area contributed by atoms with Crippen LogP contribution in [-0.4, -0.2) is 40.0 Å². The minimum Gasteiger partial charge on any atom is -0.481 e. The van der Waals surface area contributed by atoms with Gasteiger partial charge >= 0.3 is 5.97 Å². The Hall–Kier alpha value is -3.48. The van der Waals surface area contributed by atoms with Crippen LogP contribution in [-0.2, 0) is 22.4 Å². The lowest BCUT2D eigenvalue weighted by Gasteiger charge is -2.17. The van der Waals surface area contributed by atoms with Gasteiger partial charge in [-0.05, 0) is 67.9 Å². The molecule has 1 amide bonds. The molecule has 1 aliphatic heterocycles. The van der Waals surface area contributed by atoms with Crippen molar-refractivity contribution in [3.05, 3.63) is 65.5 Å². The number of unbranched alkanes of at least 4 members (excludes halogenated alkanes) is 1. The summed E-state index contributed by atoms with van der Waals surface area (Å²) < 4.78 is 0. The molecule has 0 saturated carbocycles. The molecule has 1 atom stereocenters. The molecule has 0 spiro atoms. The van der Waals surface area contributed by atoms with E-state index in [-0.39, 0.29) is 5.91 Å². The van der Waals surface area contributed by atoms with Gasteiger partial charge in [0.2, 0.25) is 5.91 Å². The largest absolute Gasteiger partial charge is 0.481 e. The van der Waals surface area contributed by atoms with Crippen LogP contribution >= 0.6 is 0 Å². The number of carboxylic acid groups (broad SMARTS) is 1. The zero-order valence-corrected chi connectivity index (χ0v) is 18.7. The van der Waals surface area contributed by atoms with Gasteiger partial charge in [-0.25, -0.2) is 4.98 Å². The van der Waals surface area contributed by atoms with Gasteiger partial charge in [-0.1, -0.05) is 24.3 Å². The highest BCUT2D eigenvalue weighted by Gasteiger charge is 2.20. The number of nitrogens with zero attached hydrogens (tertiary/aromatic N) is 2. The molecule has 3 heterocycles. The SMILES string of the molecule is O=C(CCCCc1ccc2c(n1)NCCC2)NCC[C@@H](C(=O)O)c1cnc2ccccc2c1. The summed E-state index contributed by atoms with van der Waals surface area (Å²) in [6.45, 7) is 1.30. The Morgan fingerprint density at radius 3 is 2.91 bits per heavy atom. The molecule has 1 aliphatic rings. The second-order valence-corrected chi connectivity index (χ2v) is 8.54. The molecule has 33 heavy (non-hydrogen) atoms. The molecule has 3 N–H and O–H groups in total. The Bertz CT molecular complexity index is 1130. The van der Waals surface area contributed by atoms with E-state index in [0.717, 1.165) is 61.1 Å². The van der Waals surface area contributed by atoms with E-state index in [4.69, 9.17) is 4.98 Å². The standard InChI is InChI=1S/C26H30N4O3/c31-24(10-4-2-8-21-12-11-18-7-5-14-28-25(18)30-21)27-15-13-22(26(32)33)20-16-19-6-1-3-9-23(19)29-17-20/h1,3,6,9,11-12,16-17,22H,2,4-5,7-8,10,13-15H2,(H,27,31)(H,28,30)(H,32,33)/t22-/m1/s1. The molecule has 7 heteroatoms. The first-order valence-corrected chi connectivity index (χ1v) is 11.7. The Morgan fingerprint density at radius 2 is 2.03 bits per heavy atom. The van der Waals surface area contributed by atoms with Crippen LogP contribution in [0.3, 0.4) is 0 Å². The maximum Gasteiger partial charge on any atom is 0.311 e. The first-order valence-electron chi connectivity index (χ1n) is 11.7. The molecular weight excluding hydrogens is 416 g/mol. The number of hydrogen-bond donors (Lipinski definition) is 3. The van der Waals surface area contributed by atoms with Crippen molar-refractivity contribution in [3.8, 4) is 0 Å². The number of nitrogens with one attached hydrogen (secondary N) is 2. The molecule has 172 valence electrons. The number of carboxylic acids is 1. The molecule has 0 radical (unpaired) electrons. The zero-order valence-electron chi connectivity index (χ0n) is 18.7. The minimum absolute atomic E-state index is 0.0455. The van der Waals surface area contributed by atoms with Gasteiger partial charge in [0, 0.05) is 36.8 Å². The number of aliphatic carboxylic acids is 1. The van der Waals surface area contributed by atoms with E-state index in [1.165, 1.54) is 5.56 Å². The predicted octanol–water partition coefficient (Wildman–Crippen LogP) is 4.08. The van der Waals surface area contributed by atoms with E-state index in [9.17, 15) is 14.7 Å². The van der Waals surface area contributed by atoms with Crippen molar-refractivity contribution in [2.24, 2.45) is 0 Å². The van der Waals surface area contributed by atoms with Crippen molar-refractivity contribution in [1.29, 1.82) is 0 Å². The minimum atomic E-state index is -0.909. The fourth-order valence-corrected chi connectivity index (χ4v) is 4.26. The van der Waals surface area contributed by atoms with Crippen LogP contribution in [0.25, 0.3) is 10.9 Å². The Morgan fingerprint density at radius 1 is 1.15 bits per heavy atom. The number of fused-ring (bicyclic) bond motifs is 2. The number of aryl methyl sites for hydroxylation is 2. The van der Waals surface area contributed by atoms with Crippen LogP contribution in [0.4, 0.5) is 5.82 Å². The maximum absolute atomic E-state index is 12.2. The molecule has 2 aromatic heterocycles. The Kier molecular flexibility index (Phi) is 7.50. The van der Waals surface area contributed by atoms with Crippen molar-refractivity contribution in [1.82, 2.24) is 15.3 Å². The van der Waals surface area contributed by atoms with Crippen molar-refractivity contribution >= 4 is 28.6 Å². The number of rotatable bonds is 10. The first-order chi connectivity index (χ1) is 16.1. The highest BCUT2D eigenvalue weighted by molar-refractivity contribution is 5.82. The number of pyridine rings is 2. The summed E-state index contributed by atoms with van der Waals surface area (Å²) in [5.74, 6) is -0.651. The van der Waals surface area contributed by atoms with Gasteiger partial charge in [-0.3, -0.25) is 14.6 Å². The van der Waals surface area contributed by atoms with E-state index in [0.29, 0.717) is 24.9 Å². The third-order valence-electron chi connectivity index (χ3n) is 6.11. The molecule has 0 aliphatic carbocycles. The third kappa shape index (κ3) is 6.06. The summed E-state index contributed by atoms with van der Waals surface area (Å²) in [5.41, 5.74) is 3.82. The highest BCUT2D eigenvalue weighted by Crippen LogP contribution is 2.23. The topological polar surface area (TPSA) is 104 Å². The van der Waals surface area contributed by atoms with Gasteiger partial charge in [-0.15, -0.1) is 0 Å². The number of aromatic nitrogens is 2. The molecular formula is C26H30N4O3. The molecule has 7 nitrogen and oxygen atoms in total. The van der Waals surface area contributed by atoms with Gasteiger partial charge < -0.3 is 15.7 Å². The van der Waals surface area contributed by atoms with Crippen LogP contribution in [0.1, 0.15) is 54.8 Å². The summed E-state index contributed by atoms with van der Waals surface area (Å²) in [6.07, 6.45) is 7.11. The number of anilines is 1. The van der Waals surface area contributed by atoms with Crippen LogP contribution < -0.4 is 10.6 Å². The number of carbonyl (C=O) groups excluding carboxylic acids is 1. The fraction of sp³-hybridized carbons (Fsp3) is 0.385. The molecule has 0 fully saturated rings. The lowest BCUT2D eigenvalue weighted by molar-refractivity contribution is -0.139. The molecule has 0 saturated heterocycles. The van der Waals surface area contributed by atoms with Crippen LogP contribution in [0.2, 0.25) is 0 Å². The van der Waals surface area contributed by atoms with E-state index < -0.39 is 11.9 Å². The van der Waals surface area contributed by atoms with Crippen molar-refractivity contribution < 1.29 is 14.7 Å². The van der Waals surface area contributed by atoms with Crippen LogP contribution in [0.5, 0.6) is 0 Å². The van der Waals surface area contributed by atoms with E-state index in [1.807, 2.05) is 30.3 Å². The third-order valence-corrected chi connectivity index (χ3v) is 6.11. The van der Waals surface area contributed by atoms with Gasteiger partial charge in [0.15, 0.2) is 0 Å². The molecule has 3 aromatic rings. The lowest BCUT2D eigenvalue weighted by Crippen LogP contribution is -2.27. The van der Waals surface area contributed by atoms with Gasteiger partial charge in [0.1, 0.15) is 5.82 Å². The predicted molar refractivity (Wildman–Crippen MR) is 128 cm³/mol. The van der Waals surface area contributed by atoms with E-state index >= 15 is 0 Å². The average Bonchev–Trinajstić information content (AvgIpc) is 2.84. The smallest absolute Gasteiger partial charge is 0.311 e. The normalized spacial score (nSPS) is 13.7. The number of para-hydroxylation sites is 1. The number of benzene rings is 1. The quantitative estimate of drug-likeness (QED) is 0.406. The van der Waals surface area contributed by atoms with Crippen molar-refractivity contribution in [3.63, 3.8) is 0 Å². The number of carbonyl (C=O) groups is 2. The monoisotopic (exact) mass is 446 g/mol. The molecule has 0 unspecified atom stereocenters. The van der Waals surface area contributed by atoms with E-state index in [1.54, 1.807) is 6.20 Å².